The van der Waals surface area contributed by atoms with Crippen LogP contribution in [0.1, 0.15) is 41.2 Å². The first kappa shape index (κ1) is 15.8. The van der Waals surface area contributed by atoms with Crippen molar-refractivity contribution >= 4 is 0 Å². The Labute approximate surface area is 129 Å². The molecule has 1 atom stereocenters. The minimum absolute atomic E-state index is 0.534. The molecule has 2 aromatic rings. The van der Waals surface area contributed by atoms with E-state index in [9.17, 15) is 0 Å². The molecule has 1 N–H and O–H groups in total. The summed E-state index contributed by atoms with van der Waals surface area (Å²) in [5, 5.41) is 3.66. The van der Waals surface area contributed by atoms with Crippen LogP contribution in [0.4, 0.5) is 0 Å². The molecule has 0 saturated heterocycles. The highest BCUT2D eigenvalue weighted by Gasteiger charge is 2.05. The van der Waals surface area contributed by atoms with Gasteiger partial charge in [-0.25, -0.2) is 0 Å². The van der Waals surface area contributed by atoms with Gasteiger partial charge in [0, 0.05) is 12.6 Å². The number of aryl methyl sites for hydroxylation is 4. The van der Waals surface area contributed by atoms with Crippen LogP contribution >= 0.6 is 0 Å². The third-order valence-corrected chi connectivity index (χ3v) is 4.30. The molecule has 0 spiro atoms. The maximum Gasteiger partial charge on any atom is 0.0210 e. The number of benzene rings is 2. The first-order chi connectivity index (χ1) is 10.1. The number of rotatable bonds is 6. The Morgan fingerprint density at radius 2 is 1.57 bits per heavy atom. The molecule has 0 aliphatic rings. The first-order valence-electron chi connectivity index (χ1n) is 7.90. The summed E-state index contributed by atoms with van der Waals surface area (Å²) in [6.45, 7) is 9.82. The van der Waals surface area contributed by atoms with E-state index in [1.165, 1.54) is 34.2 Å². The molecule has 0 aromatic heterocycles. The third kappa shape index (κ3) is 4.71. The second-order valence-electron chi connectivity index (χ2n) is 6.17. The Hall–Kier alpha value is -1.60. The zero-order chi connectivity index (χ0) is 15.2. The van der Waals surface area contributed by atoms with Crippen LogP contribution in [-0.2, 0) is 13.0 Å². The van der Waals surface area contributed by atoms with Gasteiger partial charge in [0.15, 0.2) is 0 Å². The Balaban J connectivity index is 1.84. The van der Waals surface area contributed by atoms with E-state index in [2.05, 4.69) is 75.5 Å². The Morgan fingerprint density at radius 3 is 2.29 bits per heavy atom. The maximum absolute atomic E-state index is 3.66. The lowest BCUT2D eigenvalue weighted by molar-refractivity contribution is 0.513. The van der Waals surface area contributed by atoms with E-state index >= 15 is 0 Å². The van der Waals surface area contributed by atoms with E-state index in [1.54, 1.807) is 0 Å². The van der Waals surface area contributed by atoms with Crippen LogP contribution in [0, 0.1) is 20.8 Å². The van der Waals surface area contributed by atoms with Crippen molar-refractivity contribution in [1.82, 2.24) is 5.32 Å². The zero-order valence-corrected chi connectivity index (χ0v) is 13.7. The van der Waals surface area contributed by atoms with Crippen LogP contribution in [0.5, 0.6) is 0 Å². The van der Waals surface area contributed by atoms with Crippen LogP contribution in [0.25, 0.3) is 0 Å². The normalized spacial score (nSPS) is 12.4. The van der Waals surface area contributed by atoms with E-state index in [1.807, 2.05) is 0 Å². The molecule has 0 amide bonds. The molecule has 2 rings (SSSR count). The molecule has 0 aliphatic carbocycles. The van der Waals surface area contributed by atoms with Crippen LogP contribution in [0.15, 0.2) is 42.5 Å². The highest BCUT2D eigenvalue weighted by Crippen LogP contribution is 2.15. The fourth-order valence-electron chi connectivity index (χ4n) is 2.62. The third-order valence-electron chi connectivity index (χ3n) is 4.30. The molecule has 0 fully saturated rings. The van der Waals surface area contributed by atoms with Crippen molar-refractivity contribution in [3.05, 3.63) is 70.3 Å². The van der Waals surface area contributed by atoms with Crippen molar-refractivity contribution in [1.29, 1.82) is 0 Å². The van der Waals surface area contributed by atoms with Gasteiger partial charge in [-0.3, -0.25) is 0 Å². The van der Waals surface area contributed by atoms with Crippen molar-refractivity contribution in [2.75, 3.05) is 0 Å². The Morgan fingerprint density at radius 1 is 0.905 bits per heavy atom. The van der Waals surface area contributed by atoms with Crippen LogP contribution in [0.3, 0.4) is 0 Å². The predicted molar refractivity (Wildman–Crippen MR) is 91.7 cm³/mol. The summed E-state index contributed by atoms with van der Waals surface area (Å²) in [4.78, 5) is 0. The van der Waals surface area contributed by atoms with Gasteiger partial charge in [-0.2, -0.15) is 0 Å². The van der Waals surface area contributed by atoms with Gasteiger partial charge >= 0.3 is 0 Å². The van der Waals surface area contributed by atoms with Crippen molar-refractivity contribution in [2.45, 2.75) is 53.1 Å². The van der Waals surface area contributed by atoms with Crippen molar-refractivity contribution in [3.63, 3.8) is 0 Å². The van der Waals surface area contributed by atoms with Crippen molar-refractivity contribution in [2.24, 2.45) is 0 Å². The minimum Gasteiger partial charge on any atom is -0.310 e. The fourth-order valence-corrected chi connectivity index (χ4v) is 2.62. The molecule has 21 heavy (non-hydrogen) atoms. The molecule has 1 nitrogen and oxygen atoms in total. The summed E-state index contributed by atoms with van der Waals surface area (Å²) in [5.41, 5.74) is 7.00. The van der Waals surface area contributed by atoms with Gasteiger partial charge in [0.25, 0.3) is 0 Å². The molecule has 112 valence electrons. The number of hydrogen-bond acceptors (Lipinski definition) is 1. The number of hydrogen-bond donors (Lipinski definition) is 1. The smallest absolute Gasteiger partial charge is 0.0210 e. The monoisotopic (exact) mass is 281 g/mol. The van der Waals surface area contributed by atoms with E-state index < -0.39 is 0 Å². The molecule has 1 heteroatoms. The van der Waals surface area contributed by atoms with Gasteiger partial charge in [0.2, 0.25) is 0 Å². The highest BCUT2D eigenvalue weighted by atomic mass is 14.9. The lowest BCUT2D eigenvalue weighted by atomic mass is 10.0. The predicted octanol–water partition coefficient (Wildman–Crippen LogP) is 4.72. The standard InChI is InChI=1S/C20H27N/c1-15-12-17(3)20(13-16(15)2)14-21-18(4)10-11-19-8-6-5-7-9-19/h5-9,12-13,18,21H,10-11,14H2,1-4H3. The SMILES string of the molecule is Cc1cc(C)c(CNC(C)CCc2ccccc2)cc1C. The van der Waals surface area contributed by atoms with Crippen molar-refractivity contribution < 1.29 is 0 Å². The average molecular weight is 281 g/mol. The largest absolute Gasteiger partial charge is 0.310 e. The first-order valence-corrected chi connectivity index (χ1v) is 7.90. The second kappa shape index (κ2) is 7.42. The summed E-state index contributed by atoms with van der Waals surface area (Å²) < 4.78 is 0. The molecule has 0 heterocycles. The van der Waals surface area contributed by atoms with Gasteiger partial charge < -0.3 is 5.32 Å². The van der Waals surface area contributed by atoms with Gasteiger partial charge in [-0.15, -0.1) is 0 Å². The number of nitrogens with one attached hydrogen (secondary N) is 1. The topological polar surface area (TPSA) is 12.0 Å². The molecule has 0 bridgehead atoms. The van der Waals surface area contributed by atoms with Gasteiger partial charge in [-0.1, -0.05) is 42.5 Å². The molecule has 0 radical (unpaired) electrons. The molecule has 2 aromatic carbocycles. The molecular weight excluding hydrogens is 254 g/mol. The summed E-state index contributed by atoms with van der Waals surface area (Å²) in [5.74, 6) is 0. The van der Waals surface area contributed by atoms with E-state index in [0.29, 0.717) is 6.04 Å². The van der Waals surface area contributed by atoms with Crippen molar-refractivity contribution in [3.8, 4) is 0 Å². The molecule has 1 unspecified atom stereocenters. The summed E-state index contributed by atoms with van der Waals surface area (Å²) >= 11 is 0. The van der Waals surface area contributed by atoms with Crippen LogP contribution in [-0.4, -0.2) is 6.04 Å². The van der Waals surface area contributed by atoms with Crippen LogP contribution < -0.4 is 5.32 Å². The zero-order valence-electron chi connectivity index (χ0n) is 13.7. The Bertz CT molecular complexity index is 572. The quantitative estimate of drug-likeness (QED) is 0.807. The minimum atomic E-state index is 0.534. The Kier molecular flexibility index (Phi) is 5.58. The maximum atomic E-state index is 3.66. The summed E-state index contributed by atoms with van der Waals surface area (Å²) in [6, 6.07) is 15.9. The summed E-state index contributed by atoms with van der Waals surface area (Å²) in [6.07, 6.45) is 2.31. The van der Waals surface area contributed by atoms with Gasteiger partial charge in [0.05, 0.1) is 0 Å². The van der Waals surface area contributed by atoms with E-state index in [-0.39, 0.29) is 0 Å². The van der Waals surface area contributed by atoms with E-state index in [0.717, 1.165) is 13.0 Å². The molecular formula is C20H27N. The van der Waals surface area contributed by atoms with Crippen LogP contribution in [0.2, 0.25) is 0 Å². The summed E-state index contributed by atoms with van der Waals surface area (Å²) in [7, 11) is 0. The lowest BCUT2D eigenvalue weighted by Gasteiger charge is -2.16. The second-order valence-corrected chi connectivity index (χ2v) is 6.17. The molecule has 0 aliphatic heterocycles. The van der Waals surface area contributed by atoms with Gasteiger partial charge in [-0.05, 0) is 68.4 Å². The fraction of sp³-hybridized carbons (Fsp3) is 0.400. The van der Waals surface area contributed by atoms with E-state index in [4.69, 9.17) is 0 Å². The lowest BCUT2D eigenvalue weighted by Crippen LogP contribution is -2.26. The average Bonchev–Trinajstić information content (AvgIpc) is 2.48. The van der Waals surface area contributed by atoms with Gasteiger partial charge in [0.1, 0.15) is 0 Å². The highest BCUT2D eigenvalue weighted by molar-refractivity contribution is 5.36. The molecule has 0 saturated carbocycles.